The fourth-order valence-electron chi connectivity index (χ4n) is 7.33. The second kappa shape index (κ2) is 34.7. The van der Waals surface area contributed by atoms with Crippen molar-refractivity contribution in [1.29, 1.82) is 0 Å². The number of allylic oxidation sites excluding steroid dienone is 19. The summed E-state index contributed by atoms with van der Waals surface area (Å²) < 4.78 is 0. The van der Waals surface area contributed by atoms with Crippen molar-refractivity contribution in [2.75, 3.05) is 11.4 Å². The third-order valence-electron chi connectivity index (χ3n) is 11.1. The molecule has 1 heteroatoms. The molecular weight excluding hydrogens is 783 g/mol. The smallest absolute Gasteiger partial charge is 0.0452 e. The molecule has 0 heterocycles. The van der Waals surface area contributed by atoms with E-state index >= 15 is 0 Å². The first-order valence-corrected chi connectivity index (χ1v) is 24.3. The van der Waals surface area contributed by atoms with E-state index in [4.69, 9.17) is 0 Å². The van der Waals surface area contributed by atoms with Crippen LogP contribution < -0.4 is 4.90 Å². The topological polar surface area (TPSA) is 3.24 Å². The van der Waals surface area contributed by atoms with Crippen LogP contribution in [0.25, 0.3) is 0 Å². The van der Waals surface area contributed by atoms with E-state index in [1.807, 2.05) is 66.7 Å². The molecule has 0 bridgehead atoms. The standard InChI is InChI=1S/C42H53N.C16H18.3C2H6/c1-11-17-30-43(39-27-25-38(26-28-39)37(20-13-3)21-14-4)42-29-24-36(31-41(42)32(7)15-5)23-18-22-33(8)35(10)40(16-6)34(9)19-12-2;1-12-8-9-16-11-14(3)13(2)6-4-5-7-15(16)10-12;3*1-2/h11-19,21-22,24-29,31-32,37H,3,5-6,20,23,30H2,1-2,4,7-10H3;4-6,8-10H,3,7,11H2,1-2H3;3*1-2H3/b17-11-,19-12-,21-14-,22-18-,35-33+,40-34+;5-4-,13-6-;;;. The highest BCUT2D eigenvalue weighted by Gasteiger charge is 2.17. The molecule has 65 heavy (non-hydrogen) atoms. The summed E-state index contributed by atoms with van der Waals surface area (Å²) in [4.78, 5) is 2.41. The molecule has 0 spiro atoms. The second-order valence-corrected chi connectivity index (χ2v) is 15.6. The zero-order valence-corrected chi connectivity index (χ0v) is 43.8. The number of benzene rings is 3. The van der Waals surface area contributed by atoms with Crippen molar-refractivity contribution in [3.05, 3.63) is 239 Å². The predicted molar refractivity (Wildman–Crippen MR) is 299 cm³/mol. The number of hydrogen-bond acceptors (Lipinski definition) is 1. The molecule has 350 valence electrons. The van der Waals surface area contributed by atoms with Crippen LogP contribution in [-0.2, 0) is 19.3 Å². The summed E-state index contributed by atoms with van der Waals surface area (Å²) in [6.07, 6.45) is 33.7. The van der Waals surface area contributed by atoms with Gasteiger partial charge in [0, 0.05) is 29.8 Å². The molecular formula is C64H89N. The number of rotatable bonds is 16. The number of hydrogen-bond donors (Lipinski definition) is 0. The summed E-state index contributed by atoms with van der Waals surface area (Å²) in [5.74, 6) is 0.569. The molecule has 3 aromatic rings. The molecule has 0 N–H and O–H groups in total. The molecule has 2 atom stereocenters. The summed E-state index contributed by atoms with van der Waals surface area (Å²) in [5.41, 5.74) is 17.9. The Bertz CT molecular complexity index is 2150. The summed E-state index contributed by atoms with van der Waals surface area (Å²) in [6, 6.07) is 22.6. The highest BCUT2D eigenvalue weighted by Crippen LogP contribution is 2.36. The van der Waals surface area contributed by atoms with Gasteiger partial charge in [-0.3, -0.25) is 0 Å². The summed E-state index contributed by atoms with van der Waals surface area (Å²) in [6.45, 7) is 48.3. The third kappa shape index (κ3) is 20.0. The van der Waals surface area contributed by atoms with Gasteiger partial charge in [0.05, 0.1) is 0 Å². The van der Waals surface area contributed by atoms with Gasteiger partial charge >= 0.3 is 0 Å². The van der Waals surface area contributed by atoms with E-state index in [1.165, 1.54) is 78.2 Å². The maximum absolute atomic E-state index is 4.16. The van der Waals surface area contributed by atoms with Gasteiger partial charge in [0.1, 0.15) is 0 Å². The molecule has 0 aromatic heterocycles. The van der Waals surface area contributed by atoms with Crippen LogP contribution >= 0.6 is 0 Å². The van der Waals surface area contributed by atoms with Crippen molar-refractivity contribution in [2.24, 2.45) is 0 Å². The predicted octanol–water partition coefficient (Wildman–Crippen LogP) is 19.7. The van der Waals surface area contributed by atoms with Gasteiger partial charge in [-0.2, -0.15) is 0 Å². The van der Waals surface area contributed by atoms with Gasteiger partial charge in [-0.05, 0) is 161 Å². The first-order valence-electron chi connectivity index (χ1n) is 24.3. The molecule has 1 nitrogen and oxygen atoms in total. The van der Waals surface area contributed by atoms with Gasteiger partial charge in [-0.15, -0.1) is 13.2 Å². The number of nitrogens with zero attached hydrogens (tertiary/aromatic N) is 1. The molecule has 2 unspecified atom stereocenters. The molecule has 0 aliphatic heterocycles. The third-order valence-corrected chi connectivity index (χ3v) is 11.1. The van der Waals surface area contributed by atoms with Gasteiger partial charge < -0.3 is 4.90 Å². The zero-order valence-electron chi connectivity index (χ0n) is 43.8. The highest BCUT2D eigenvalue weighted by molar-refractivity contribution is 5.69. The lowest BCUT2D eigenvalue weighted by Crippen LogP contribution is -2.19. The van der Waals surface area contributed by atoms with Crippen LogP contribution in [0.4, 0.5) is 11.4 Å². The second-order valence-electron chi connectivity index (χ2n) is 15.6. The number of anilines is 2. The zero-order chi connectivity index (χ0) is 49.3. The van der Waals surface area contributed by atoms with Crippen LogP contribution in [0.15, 0.2) is 205 Å². The van der Waals surface area contributed by atoms with Gasteiger partial charge in [-0.25, -0.2) is 0 Å². The Morgan fingerprint density at radius 1 is 0.754 bits per heavy atom. The van der Waals surface area contributed by atoms with E-state index in [-0.39, 0.29) is 5.92 Å². The normalized spacial score (nSPS) is 15.2. The van der Waals surface area contributed by atoms with Gasteiger partial charge in [0.15, 0.2) is 0 Å². The van der Waals surface area contributed by atoms with Gasteiger partial charge in [0.2, 0.25) is 0 Å². The molecule has 0 saturated carbocycles. The van der Waals surface area contributed by atoms with Crippen LogP contribution in [-0.4, -0.2) is 6.54 Å². The molecule has 1 aliphatic carbocycles. The van der Waals surface area contributed by atoms with E-state index in [1.54, 1.807) is 0 Å². The van der Waals surface area contributed by atoms with Crippen molar-refractivity contribution in [2.45, 2.75) is 141 Å². The molecule has 0 fully saturated rings. The summed E-state index contributed by atoms with van der Waals surface area (Å²) in [7, 11) is 0. The summed E-state index contributed by atoms with van der Waals surface area (Å²) in [5, 5.41) is 0. The first kappa shape index (κ1) is 59.3. The average Bonchev–Trinajstić information content (AvgIpc) is 3.39. The molecule has 3 aromatic carbocycles. The Morgan fingerprint density at radius 3 is 2.02 bits per heavy atom. The van der Waals surface area contributed by atoms with Crippen molar-refractivity contribution in [1.82, 2.24) is 0 Å². The fourth-order valence-corrected chi connectivity index (χ4v) is 7.33. The van der Waals surface area contributed by atoms with E-state index in [0.717, 1.165) is 32.2 Å². The molecule has 4 rings (SSSR count). The van der Waals surface area contributed by atoms with Crippen LogP contribution in [0.5, 0.6) is 0 Å². The molecule has 0 amide bonds. The van der Waals surface area contributed by atoms with Crippen molar-refractivity contribution in [3.8, 4) is 0 Å². The monoisotopic (exact) mass is 872 g/mol. The van der Waals surface area contributed by atoms with Crippen LogP contribution in [0.3, 0.4) is 0 Å². The Kier molecular flexibility index (Phi) is 31.7. The fraction of sp³-hybridized carbons (Fsp3) is 0.344. The van der Waals surface area contributed by atoms with Crippen LogP contribution in [0.2, 0.25) is 0 Å². The SMILES string of the molecule is C=C1Cc2ccc(C)cc2C/C=C\C=C/1C.C=CCC(/C=C\C)c1ccc(N(C/C=C\C)c2ccc(C\C=C/C(C)=C(C)/C(C=C)=C(C)/C=C\C)cc2C(C)C=C)cc1.CC.CC.CC. The Morgan fingerprint density at radius 2 is 1.43 bits per heavy atom. The van der Waals surface area contributed by atoms with Gasteiger partial charge in [0.25, 0.3) is 0 Å². The Balaban J connectivity index is 0.00000153. The number of aryl methyl sites for hydroxylation is 1. The Labute approximate surface area is 401 Å². The minimum Gasteiger partial charge on any atom is -0.337 e. The highest BCUT2D eigenvalue weighted by atomic mass is 15.1. The van der Waals surface area contributed by atoms with Gasteiger partial charge in [-0.1, -0.05) is 195 Å². The van der Waals surface area contributed by atoms with Crippen molar-refractivity contribution >= 4 is 11.4 Å². The minimum absolute atomic E-state index is 0.219. The maximum Gasteiger partial charge on any atom is 0.0452 e. The lowest BCUT2D eigenvalue weighted by atomic mass is 9.93. The largest absolute Gasteiger partial charge is 0.337 e. The lowest BCUT2D eigenvalue weighted by Gasteiger charge is -2.28. The molecule has 0 saturated heterocycles. The van der Waals surface area contributed by atoms with E-state index in [0.29, 0.717) is 5.92 Å². The summed E-state index contributed by atoms with van der Waals surface area (Å²) >= 11 is 0. The average molecular weight is 872 g/mol. The molecule has 1 aliphatic rings. The van der Waals surface area contributed by atoms with E-state index in [9.17, 15) is 0 Å². The van der Waals surface area contributed by atoms with E-state index in [2.05, 4.69) is 214 Å². The lowest BCUT2D eigenvalue weighted by molar-refractivity contribution is 0.863. The van der Waals surface area contributed by atoms with Crippen LogP contribution in [0, 0.1) is 6.92 Å². The first-order chi connectivity index (χ1) is 31.4. The molecule has 0 radical (unpaired) electrons. The quantitative estimate of drug-likeness (QED) is 0.102. The maximum atomic E-state index is 4.16. The van der Waals surface area contributed by atoms with E-state index < -0.39 is 0 Å². The minimum atomic E-state index is 0.219. The Hall–Kier alpha value is -5.66. The van der Waals surface area contributed by atoms with Crippen molar-refractivity contribution < 1.29 is 0 Å². The number of fused-ring (bicyclic) bond motifs is 1. The van der Waals surface area contributed by atoms with Crippen LogP contribution in [0.1, 0.15) is 149 Å². The van der Waals surface area contributed by atoms with Crippen molar-refractivity contribution in [3.63, 3.8) is 0 Å².